The van der Waals surface area contributed by atoms with E-state index in [1.807, 2.05) is 29.6 Å². The maximum atomic E-state index is 12.3. The molecule has 3 aromatic rings. The van der Waals surface area contributed by atoms with Gasteiger partial charge in [0.2, 0.25) is 0 Å². The second-order valence-electron chi connectivity index (χ2n) is 6.68. The summed E-state index contributed by atoms with van der Waals surface area (Å²) < 4.78 is 4.98. The average Bonchev–Trinajstić information content (AvgIpc) is 3.08. The van der Waals surface area contributed by atoms with Crippen LogP contribution in [0.4, 0.5) is 11.4 Å². The Morgan fingerprint density at radius 2 is 1.70 bits per heavy atom. The molecular weight excluding hydrogens is 338 g/mol. The fourth-order valence-corrected chi connectivity index (χ4v) is 3.54. The lowest BCUT2D eigenvalue weighted by molar-refractivity contribution is -0.625. The molecule has 0 atom stereocenters. The van der Waals surface area contributed by atoms with E-state index >= 15 is 0 Å². The minimum absolute atomic E-state index is 0.339. The number of carbonyl (C=O) groups is 1. The molecule has 0 saturated heterocycles. The smallest absolute Gasteiger partial charge is 0.340 e. The minimum atomic E-state index is -0.339. The molecule has 0 spiro atoms. The van der Waals surface area contributed by atoms with Gasteiger partial charge in [-0.25, -0.2) is 10.2 Å². The quantitative estimate of drug-likeness (QED) is 0.428. The van der Waals surface area contributed by atoms with Crippen LogP contribution in [0.5, 0.6) is 0 Å². The first kappa shape index (κ1) is 17.3. The lowest BCUT2D eigenvalue weighted by Crippen LogP contribution is -2.87. The Hall–Kier alpha value is -3.15. The molecule has 1 heterocycles. The molecule has 5 heteroatoms. The van der Waals surface area contributed by atoms with Gasteiger partial charge in [0.15, 0.2) is 5.69 Å². The highest BCUT2D eigenvalue weighted by Crippen LogP contribution is 2.35. The number of hydrogen-bond donors (Lipinski definition) is 2. The summed E-state index contributed by atoms with van der Waals surface area (Å²) in [6.45, 7) is 2.12. The molecule has 27 heavy (non-hydrogen) atoms. The zero-order chi connectivity index (χ0) is 19.0. The van der Waals surface area contributed by atoms with E-state index in [2.05, 4.69) is 61.0 Å². The van der Waals surface area contributed by atoms with Crippen LogP contribution in [0.2, 0.25) is 0 Å². The number of ether oxygens (including phenoxy) is 1. The molecule has 136 valence electrons. The van der Waals surface area contributed by atoms with E-state index in [4.69, 9.17) is 4.74 Å². The van der Waals surface area contributed by atoms with Gasteiger partial charge in [0.1, 0.15) is 5.69 Å². The molecule has 0 saturated carbocycles. The minimum Gasteiger partial charge on any atom is -0.465 e. The number of rotatable bonds is 3. The number of nitrogens with one attached hydrogen (secondary N) is 1. The SMILES string of the molecule is COC(=O)c1cc(-c2ccc(-c3ccccc3C)cc2)cc2c1N(C)N[NH2+]2. The van der Waals surface area contributed by atoms with Crippen molar-refractivity contribution in [1.82, 2.24) is 5.53 Å². The molecule has 0 aliphatic carbocycles. The van der Waals surface area contributed by atoms with Crippen LogP contribution in [-0.2, 0) is 4.74 Å². The molecule has 1 aliphatic heterocycles. The standard InChI is InChI=1S/C22H21N3O2/c1-14-6-4-5-7-18(14)16-10-8-15(9-11-16)17-12-19(22(26)27-3)21-20(13-17)23-24-25(21)2/h4-13,23-24H,1-3H3/p+1. The van der Waals surface area contributed by atoms with Gasteiger partial charge in [-0.2, -0.15) is 0 Å². The fourth-order valence-electron chi connectivity index (χ4n) is 3.54. The van der Waals surface area contributed by atoms with Crippen molar-refractivity contribution < 1.29 is 15.0 Å². The van der Waals surface area contributed by atoms with Crippen molar-refractivity contribution in [1.29, 1.82) is 0 Å². The Kier molecular flexibility index (Phi) is 4.39. The predicted octanol–water partition coefficient (Wildman–Crippen LogP) is 3.18. The Morgan fingerprint density at radius 1 is 1.00 bits per heavy atom. The molecular formula is C22H22N3O2+. The summed E-state index contributed by atoms with van der Waals surface area (Å²) in [5, 5.41) is 1.83. The Bertz CT molecular complexity index is 1010. The van der Waals surface area contributed by atoms with Crippen molar-refractivity contribution >= 4 is 17.3 Å². The second-order valence-corrected chi connectivity index (χ2v) is 6.68. The van der Waals surface area contributed by atoms with E-state index in [9.17, 15) is 4.79 Å². The third-order valence-corrected chi connectivity index (χ3v) is 4.97. The molecule has 0 fully saturated rings. The first-order valence-electron chi connectivity index (χ1n) is 8.84. The van der Waals surface area contributed by atoms with Gasteiger partial charge in [-0.3, -0.25) is 5.01 Å². The Balaban J connectivity index is 1.76. The third kappa shape index (κ3) is 3.07. The summed E-state index contributed by atoms with van der Waals surface area (Å²) >= 11 is 0. The van der Waals surface area contributed by atoms with Crippen LogP contribution in [0.1, 0.15) is 15.9 Å². The number of nitrogens with two attached hydrogens (primary N) is 1. The molecule has 5 nitrogen and oxygen atoms in total. The van der Waals surface area contributed by atoms with Crippen molar-refractivity contribution in [2.24, 2.45) is 0 Å². The van der Waals surface area contributed by atoms with Crippen molar-refractivity contribution in [3.63, 3.8) is 0 Å². The highest BCUT2D eigenvalue weighted by Gasteiger charge is 2.28. The van der Waals surface area contributed by atoms with Gasteiger partial charge >= 0.3 is 5.97 Å². The first-order chi connectivity index (χ1) is 13.1. The number of nitrogens with zero attached hydrogens (tertiary/aromatic N) is 1. The Labute approximate surface area is 158 Å². The van der Waals surface area contributed by atoms with E-state index in [1.165, 1.54) is 23.8 Å². The molecule has 1 aliphatic rings. The normalized spacial score (nSPS) is 12.8. The molecule has 0 bridgehead atoms. The summed E-state index contributed by atoms with van der Waals surface area (Å²) in [5.41, 5.74) is 13.1. The molecule has 0 amide bonds. The van der Waals surface area contributed by atoms with Crippen LogP contribution in [-0.4, -0.2) is 20.1 Å². The maximum Gasteiger partial charge on any atom is 0.340 e. The Morgan fingerprint density at radius 3 is 2.41 bits per heavy atom. The van der Waals surface area contributed by atoms with Gasteiger partial charge in [-0.1, -0.05) is 54.1 Å². The topological polar surface area (TPSA) is 58.2 Å². The average molecular weight is 360 g/mol. The summed E-state index contributed by atoms with van der Waals surface area (Å²) in [4.78, 5) is 12.3. The van der Waals surface area contributed by atoms with Gasteiger partial charge < -0.3 is 4.74 Å². The van der Waals surface area contributed by atoms with Crippen molar-refractivity contribution in [2.75, 3.05) is 19.2 Å². The molecule has 0 aromatic heterocycles. The number of fused-ring (bicyclic) bond motifs is 1. The van der Waals surface area contributed by atoms with E-state index in [-0.39, 0.29) is 5.97 Å². The summed E-state index contributed by atoms with van der Waals surface area (Å²) in [7, 11) is 3.29. The number of anilines is 1. The predicted molar refractivity (Wildman–Crippen MR) is 107 cm³/mol. The van der Waals surface area contributed by atoms with Gasteiger partial charge in [-0.05, 0) is 40.8 Å². The largest absolute Gasteiger partial charge is 0.465 e. The van der Waals surface area contributed by atoms with Crippen LogP contribution in [0, 0.1) is 6.92 Å². The van der Waals surface area contributed by atoms with Gasteiger partial charge in [-0.15, -0.1) is 0 Å². The molecule has 3 aromatic carbocycles. The zero-order valence-corrected chi connectivity index (χ0v) is 15.6. The van der Waals surface area contributed by atoms with Crippen LogP contribution in [0.25, 0.3) is 22.3 Å². The van der Waals surface area contributed by atoms with E-state index in [1.54, 1.807) is 0 Å². The van der Waals surface area contributed by atoms with E-state index in [0.717, 1.165) is 22.5 Å². The highest BCUT2D eigenvalue weighted by molar-refractivity contribution is 6.00. The number of methoxy groups -OCH3 is 1. The number of carbonyl (C=O) groups excluding carboxylic acids is 1. The number of esters is 1. The monoisotopic (exact) mass is 360 g/mol. The first-order valence-corrected chi connectivity index (χ1v) is 8.84. The lowest BCUT2D eigenvalue weighted by atomic mass is 9.96. The molecule has 0 radical (unpaired) electrons. The lowest BCUT2D eigenvalue weighted by Gasteiger charge is -2.12. The van der Waals surface area contributed by atoms with Crippen LogP contribution < -0.4 is 16.0 Å². The van der Waals surface area contributed by atoms with Crippen LogP contribution in [0.3, 0.4) is 0 Å². The van der Waals surface area contributed by atoms with E-state index < -0.39 is 0 Å². The van der Waals surface area contributed by atoms with Crippen LogP contribution in [0.15, 0.2) is 60.7 Å². The number of benzene rings is 3. The summed E-state index contributed by atoms with van der Waals surface area (Å²) in [5.74, 6) is -0.339. The van der Waals surface area contributed by atoms with Crippen molar-refractivity contribution in [3.05, 3.63) is 71.8 Å². The van der Waals surface area contributed by atoms with Crippen LogP contribution >= 0.6 is 0 Å². The van der Waals surface area contributed by atoms with Crippen molar-refractivity contribution in [2.45, 2.75) is 6.92 Å². The summed E-state index contributed by atoms with van der Waals surface area (Å²) in [6.07, 6.45) is 0. The number of quaternary nitrogens is 1. The molecule has 0 unspecified atom stereocenters. The molecule has 3 N–H and O–H groups in total. The van der Waals surface area contributed by atoms with Gasteiger partial charge in [0.05, 0.1) is 12.7 Å². The fraction of sp³-hybridized carbons (Fsp3) is 0.136. The molecule has 4 rings (SSSR count). The zero-order valence-electron chi connectivity index (χ0n) is 15.6. The van der Waals surface area contributed by atoms with Gasteiger partial charge in [0, 0.05) is 13.1 Å². The second kappa shape index (κ2) is 6.87. The van der Waals surface area contributed by atoms with Crippen molar-refractivity contribution in [3.8, 4) is 22.3 Å². The summed E-state index contributed by atoms with van der Waals surface area (Å²) in [6, 6.07) is 20.8. The number of hydrogen-bond acceptors (Lipinski definition) is 4. The number of aryl methyl sites for hydroxylation is 1. The van der Waals surface area contributed by atoms with Gasteiger partial charge in [0.25, 0.3) is 0 Å². The number of hydrazine groups is 1. The maximum absolute atomic E-state index is 12.3. The van der Waals surface area contributed by atoms with E-state index in [0.29, 0.717) is 5.56 Å². The highest BCUT2D eigenvalue weighted by atomic mass is 16.5. The third-order valence-electron chi connectivity index (χ3n) is 4.97.